The van der Waals surface area contributed by atoms with Crippen molar-refractivity contribution in [1.82, 2.24) is 9.80 Å². The number of fused-ring (bicyclic) bond motifs is 1. The van der Waals surface area contributed by atoms with Crippen molar-refractivity contribution in [2.24, 2.45) is 0 Å². The van der Waals surface area contributed by atoms with Crippen LogP contribution in [0.15, 0.2) is 18.2 Å². The first-order valence-electron chi connectivity index (χ1n) is 8.26. The predicted molar refractivity (Wildman–Crippen MR) is 87.0 cm³/mol. The zero-order valence-electron chi connectivity index (χ0n) is 13.3. The van der Waals surface area contributed by atoms with E-state index in [0.29, 0.717) is 0 Å². The third-order valence-electron chi connectivity index (χ3n) is 4.73. The molecule has 2 aliphatic rings. The Labute approximate surface area is 128 Å². The topological polar surface area (TPSA) is 27.7 Å². The van der Waals surface area contributed by atoms with E-state index in [9.17, 15) is 0 Å². The number of para-hydroxylation sites is 1. The van der Waals surface area contributed by atoms with Crippen LogP contribution in [0.2, 0.25) is 0 Å². The highest BCUT2D eigenvalue weighted by Crippen LogP contribution is 2.32. The zero-order chi connectivity index (χ0) is 14.7. The molecule has 21 heavy (non-hydrogen) atoms. The van der Waals surface area contributed by atoms with E-state index in [4.69, 9.17) is 4.74 Å². The van der Waals surface area contributed by atoms with Crippen molar-refractivity contribution in [1.29, 1.82) is 0 Å². The number of ether oxygens (including phenoxy) is 1. The highest BCUT2D eigenvalue weighted by molar-refractivity contribution is 5.61. The second-order valence-electron chi connectivity index (χ2n) is 5.97. The minimum absolute atomic E-state index is 0.721. The molecule has 0 bridgehead atoms. The smallest absolute Gasteiger partial charge is 0.146 e. The Morgan fingerprint density at radius 3 is 3.00 bits per heavy atom. The van der Waals surface area contributed by atoms with Crippen LogP contribution in [0.1, 0.15) is 25.8 Å². The minimum atomic E-state index is 0.721. The van der Waals surface area contributed by atoms with Crippen LogP contribution >= 0.6 is 0 Å². The van der Waals surface area contributed by atoms with Crippen LogP contribution in [-0.4, -0.2) is 55.2 Å². The van der Waals surface area contributed by atoms with E-state index in [1.165, 1.54) is 25.1 Å². The molecule has 0 saturated carbocycles. The lowest BCUT2D eigenvalue weighted by Crippen LogP contribution is -2.37. The molecule has 1 unspecified atom stereocenters. The van der Waals surface area contributed by atoms with E-state index < -0.39 is 0 Å². The van der Waals surface area contributed by atoms with Gasteiger partial charge >= 0.3 is 0 Å². The molecule has 0 radical (unpaired) electrons. The average molecular weight is 289 g/mol. The zero-order valence-corrected chi connectivity index (χ0v) is 13.3. The van der Waals surface area contributed by atoms with Crippen molar-refractivity contribution >= 4 is 5.69 Å². The lowest BCUT2D eigenvalue weighted by atomic mass is 10.1. The fraction of sp³-hybridized carbons (Fsp3) is 0.647. The second kappa shape index (κ2) is 6.67. The summed E-state index contributed by atoms with van der Waals surface area (Å²) in [6.45, 7) is 11.9. The van der Waals surface area contributed by atoms with Crippen LogP contribution in [0.5, 0.6) is 5.75 Å². The van der Waals surface area contributed by atoms with Gasteiger partial charge in [0.15, 0.2) is 0 Å². The van der Waals surface area contributed by atoms with E-state index in [2.05, 4.69) is 47.2 Å². The van der Waals surface area contributed by atoms with E-state index in [0.717, 1.165) is 50.3 Å². The molecule has 3 rings (SSSR count). The number of benzene rings is 1. The Morgan fingerprint density at radius 2 is 2.19 bits per heavy atom. The molecule has 0 spiro atoms. The highest BCUT2D eigenvalue weighted by atomic mass is 16.5. The van der Waals surface area contributed by atoms with Crippen molar-refractivity contribution in [3.63, 3.8) is 0 Å². The van der Waals surface area contributed by atoms with Crippen molar-refractivity contribution in [2.75, 3.05) is 44.6 Å². The Kier molecular flexibility index (Phi) is 4.66. The van der Waals surface area contributed by atoms with Crippen molar-refractivity contribution in [3.8, 4) is 5.75 Å². The summed E-state index contributed by atoms with van der Waals surface area (Å²) in [6, 6.07) is 7.17. The van der Waals surface area contributed by atoms with E-state index in [1.54, 1.807) is 0 Å². The lowest BCUT2D eigenvalue weighted by Gasteiger charge is -2.27. The third-order valence-corrected chi connectivity index (χ3v) is 4.73. The van der Waals surface area contributed by atoms with Gasteiger partial charge in [-0.15, -0.1) is 0 Å². The van der Waals surface area contributed by atoms with E-state index in [1.807, 2.05) is 0 Å². The number of nitrogens with zero attached hydrogens (tertiary/aromatic N) is 2. The van der Waals surface area contributed by atoms with E-state index >= 15 is 0 Å². The molecule has 116 valence electrons. The van der Waals surface area contributed by atoms with Gasteiger partial charge in [-0.1, -0.05) is 26.0 Å². The van der Waals surface area contributed by atoms with Gasteiger partial charge in [-0.05, 0) is 25.6 Å². The number of likely N-dealkylation sites (tertiary alicyclic amines) is 1. The average Bonchev–Trinajstić information content (AvgIpc) is 2.97. The fourth-order valence-electron chi connectivity index (χ4n) is 3.59. The number of likely N-dealkylation sites (N-methyl/N-ethyl adjacent to an activating group) is 1. The minimum Gasteiger partial charge on any atom is -0.489 e. The largest absolute Gasteiger partial charge is 0.489 e. The van der Waals surface area contributed by atoms with Crippen LogP contribution < -0.4 is 10.1 Å². The quantitative estimate of drug-likeness (QED) is 0.901. The SMILES string of the molecule is CCN(CC)C1CCN(Cc2cccc3c2OCCN3)C1. The number of nitrogens with one attached hydrogen (secondary N) is 1. The monoisotopic (exact) mass is 289 g/mol. The Hall–Kier alpha value is -1.26. The van der Waals surface area contributed by atoms with Gasteiger partial charge < -0.3 is 10.1 Å². The molecule has 1 aromatic rings. The summed E-state index contributed by atoms with van der Waals surface area (Å²) < 4.78 is 5.88. The van der Waals surface area contributed by atoms with Crippen LogP contribution in [-0.2, 0) is 6.54 Å². The van der Waals surface area contributed by atoms with Gasteiger partial charge in [0, 0.05) is 37.8 Å². The predicted octanol–water partition coefficient (Wildman–Crippen LogP) is 2.41. The van der Waals surface area contributed by atoms with E-state index in [-0.39, 0.29) is 0 Å². The lowest BCUT2D eigenvalue weighted by molar-refractivity contribution is 0.208. The second-order valence-corrected chi connectivity index (χ2v) is 5.97. The molecule has 1 N–H and O–H groups in total. The number of hydrogen-bond acceptors (Lipinski definition) is 4. The molecule has 4 heteroatoms. The Bertz CT molecular complexity index is 473. The van der Waals surface area contributed by atoms with Crippen LogP contribution in [0.3, 0.4) is 0 Å². The standard InChI is InChI=1S/C17H27N3O/c1-3-20(4-2)15-8-10-19(13-15)12-14-6-5-7-16-17(14)21-11-9-18-16/h5-7,15,18H,3-4,8-13H2,1-2H3. The van der Waals surface area contributed by atoms with Crippen LogP contribution in [0.4, 0.5) is 5.69 Å². The van der Waals surface area contributed by atoms with Gasteiger partial charge in [0.25, 0.3) is 0 Å². The van der Waals surface area contributed by atoms with Crippen LogP contribution in [0.25, 0.3) is 0 Å². The van der Waals surface area contributed by atoms with Gasteiger partial charge in [0.2, 0.25) is 0 Å². The molecule has 0 aliphatic carbocycles. The fourth-order valence-corrected chi connectivity index (χ4v) is 3.59. The molecule has 4 nitrogen and oxygen atoms in total. The Morgan fingerprint density at radius 1 is 1.33 bits per heavy atom. The molecule has 1 atom stereocenters. The molecular formula is C17H27N3O. The van der Waals surface area contributed by atoms with Crippen molar-refractivity contribution in [3.05, 3.63) is 23.8 Å². The van der Waals surface area contributed by atoms with Gasteiger partial charge in [0.05, 0.1) is 5.69 Å². The molecule has 0 aromatic heterocycles. The summed E-state index contributed by atoms with van der Waals surface area (Å²) in [4.78, 5) is 5.15. The normalized spacial score (nSPS) is 22.0. The number of hydrogen-bond donors (Lipinski definition) is 1. The summed E-state index contributed by atoms with van der Waals surface area (Å²) in [5, 5.41) is 3.42. The highest BCUT2D eigenvalue weighted by Gasteiger charge is 2.27. The summed E-state index contributed by atoms with van der Waals surface area (Å²) >= 11 is 0. The van der Waals surface area contributed by atoms with Gasteiger partial charge in [-0.2, -0.15) is 0 Å². The number of anilines is 1. The number of rotatable bonds is 5. The molecule has 1 aromatic carbocycles. The maximum atomic E-state index is 5.88. The first-order chi connectivity index (χ1) is 10.3. The first-order valence-corrected chi connectivity index (χ1v) is 8.26. The molecular weight excluding hydrogens is 262 g/mol. The molecule has 0 amide bonds. The van der Waals surface area contributed by atoms with Gasteiger partial charge in [-0.25, -0.2) is 0 Å². The summed E-state index contributed by atoms with van der Waals surface area (Å²) in [5.74, 6) is 1.06. The summed E-state index contributed by atoms with van der Waals surface area (Å²) in [5.41, 5.74) is 2.47. The molecule has 1 fully saturated rings. The van der Waals surface area contributed by atoms with Crippen molar-refractivity contribution in [2.45, 2.75) is 32.9 Å². The molecule has 1 saturated heterocycles. The van der Waals surface area contributed by atoms with Gasteiger partial charge in [0.1, 0.15) is 12.4 Å². The Balaban J connectivity index is 1.65. The van der Waals surface area contributed by atoms with Crippen molar-refractivity contribution < 1.29 is 4.74 Å². The van der Waals surface area contributed by atoms with Gasteiger partial charge in [-0.3, -0.25) is 9.80 Å². The van der Waals surface area contributed by atoms with Crippen LogP contribution in [0, 0.1) is 0 Å². The third kappa shape index (κ3) is 3.16. The maximum Gasteiger partial charge on any atom is 0.146 e. The molecule has 2 heterocycles. The summed E-state index contributed by atoms with van der Waals surface area (Å²) in [7, 11) is 0. The first kappa shape index (κ1) is 14.7. The maximum absolute atomic E-state index is 5.88. The molecule has 2 aliphatic heterocycles. The summed E-state index contributed by atoms with van der Waals surface area (Å²) in [6.07, 6.45) is 1.29.